The minimum Gasteiger partial charge on any atom is -0.484 e. The molecule has 1 aromatic carbocycles. The Kier molecular flexibility index (Phi) is 4.58. The number of hydrogen-bond donors (Lipinski definition) is 2. The largest absolute Gasteiger partial charge is 0.484 e. The van der Waals surface area contributed by atoms with Gasteiger partial charge < -0.3 is 10.5 Å². The van der Waals surface area contributed by atoms with E-state index in [0.29, 0.717) is 11.4 Å². The van der Waals surface area contributed by atoms with Gasteiger partial charge in [-0.3, -0.25) is 4.72 Å². The fraction of sp³-hybridized carbons (Fsp3) is 0.0833. The Morgan fingerprint density at radius 3 is 2.70 bits per heavy atom. The second-order valence-corrected chi connectivity index (χ2v) is 7.17. The van der Waals surface area contributed by atoms with Crippen LogP contribution < -0.4 is 15.2 Å². The van der Waals surface area contributed by atoms with Crippen molar-refractivity contribution in [3.05, 3.63) is 41.8 Å². The number of nitrogens with two attached hydrogens (primary N) is 1. The molecule has 20 heavy (non-hydrogen) atoms. The van der Waals surface area contributed by atoms with Crippen LogP contribution in [0.1, 0.15) is 0 Å². The molecular weight excluding hydrogens is 316 g/mol. The summed E-state index contributed by atoms with van der Waals surface area (Å²) in [5.74, 6) is 0.375. The molecule has 0 atom stereocenters. The molecule has 0 bridgehead atoms. The number of benzene rings is 1. The van der Waals surface area contributed by atoms with E-state index in [1.807, 2.05) is 0 Å². The highest BCUT2D eigenvalue weighted by Crippen LogP contribution is 2.27. The Morgan fingerprint density at radius 2 is 2.05 bits per heavy atom. The number of hydrogen-bond acceptors (Lipinski definition) is 5. The van der Waals surface area contributed by atoms with Crippen LogP contribution in [0.5, 0.6) is 5.75 Å². The Morgan fingerprint density at radius 1 is 1.30 bits per heavy atom. The molecule has 8 heteroatoms. The van der Waals surface area contributed by atoms with Crippen molar-refractivity contribution in [3.63, 3.8) is 0 Å². The smallest absolute Gasteiger partial charge is 0.271 e. The van der Waals surface area contributed by atoms with Crippen molar-refractivity contribution in [1.29, 1.82) is 0 Å². The predicted octanol–water partition coefficient (Wildman–Crippen LogP) is 2.21. The summed E-state index contributed by atoms with van der Waals surface area (Å²) in [6.07, 6.45) is 0. The number of thiophene rings is 1. The van der Waals surface area contributed by atoms with Gasteiger partial charge in [-0.25, -0.2) is 8.42 Å². The third kappa shape index (κ3) is 3.69. The average Bonchev–Trinajstić information content (AvgIpc) is 2.92. The van der Waals surface area contributed by atoms with Crippen LogP contribution in [0.2, 0.25) is 0 Å². The molecular formula is C12H12N2O3S3. The highest BCUT2D eigenvalue weighted by atomic mass is 32.2. The first-order valence-corrected chi connectivity index (χ1v) is 8.32. The second kappa shape index (κ2) is 6.21. The van der Waals surface area contributed by atoms with Gasteiger partial charge >= 0.3 is 0 Å². The molecule has 2 aromatic rings. The molecule has 2 rings (SSSR count). The topological polar surface area (TPSA) is 81.4 Å². The molecule has 0 aliphatic carbocycles. The lowest BCUT2D eigenvalue weighted by molar-refractivity contribution is 0.379. The van der Waals surface area contributed by atoms with Gasteiger partial charge in [-0.1, -0.05) is 30.4 Å². The number of anilines is 1. The number of thiocarbonyl (C=S) groups is 1. The predicted molar refractivity (Wildman–Crippen MR) is 83.8 cm³/mol. The highest BCUT2D eigenvalue weighted by molar-refractivity contribution is 7.94. The minimum absolute atomic E-state index is 0.0487. The Balaban J connectivity index is 2.23. The van der Waals surface area contributed by atoms with Crippen LogP contribution in [0.4, 0.5) is 5.69 Å². The second-order valence-electron chi connectivity index (χ2n) is 3.79. The van der Waals surface area contributed by atoms with E-state index >= 15 is 0 Å². The van der Waals surface area contributed by atoms with E-state index in [1.165, 1.54) is 6.07 Å². The number of ether oxygens (including phenoxy) is 1. The van der Waals surface area contributed by atoms with Gasteiger partial charge in [0.15, 0.2) is 0 Å². The molecule has 0 fully saturated rings. The van der Waals surface area contributed by atoms with Gasteiger partial charge in [-0.15, -0.1) is 11.3 Å². The van der Waals surface area contributed by atoms with Gasteiger partial charge in [0.1, 0.15) is 21.6 Å². The molecule has 0 unspecified atom stereocenters. The fourth-order valence-corrected chi connectivity index (χ4v) is 3.56. The summed E-state index contributed by atoms with van der Waals surface area (Å²) < 4.78 is 32.4. The quantitative estimate of drug-likeness (QED) is 0.795. The van der Waals surface area contributed by atoms with Gasteiger partial charge in [-0.05, 0) is 23.6 Å². The first-order valence-electron chi connectivity index (χ1n) is 5.55. The van der Waals surface area contributed by atoms with Crippen LogP contribution in [0, 0.1) is 0 Å². The maximum absolute atomic E-state index is 12.1. The standard InChI is InChI=1S/C12H12N2O3S3/c13-11(18)8-17-10-5-2-1-4-9(10)14-20(15,16)12-6-3-7-19-12/h1-7,14H,8H2,(H2,13,18). The summed E-state index contributed by atoms with van der Waals surface area (Å²) >= 11 is 5.87. The van der Waals surface area contributed by atoms with E-state index in [-0.39, 0.29) is 15.8 Å². The zero-order valence-electron chi connectivity index (χ0n) is 10.3. The Labute approximate surface area is 126 Å². The summed E-state index contributed by atoms with van der Waals surface area (Å²) in [6, 6.07) is 9.91. The first-order chi connectivity index (χ1) is 9.49. The van der Waals surface area contributed by atoms with Crippen LogP contribution in [0.25, 0.3) is 0 Å². The van der Waals surface area contributed by atoms with Gasteiger partial charge in [-0.2, -0.15) is 0 Å². The van der Waals surface area contributed by atoms with E-state index in [4.69, 9.17) is 22.7 Å². The van der Waals surface area contributed by atoms with E-state index in [9.17, 15) is 8.42 Å². The lowest BCUT2D eigenvalue weighted by Crippen LogP contribution is -2.19. The van der Waals surface area contributed by atoms with Crippen molar-refractivity contribution in [2.75, 3.05) is 11.3 Å². The van der Waals surface area contributed by atoms with E-state index < -0.39 is 10.0 Å². The van der Waals surface area contributed by atoms with E-state index in [2.05, 4.69) is 4.72 Å². The zero-order valence-corrected chi connectivity index (χ0v) is 12.7. The van der Waals surface area contributed by atoms with Gasteiger partial charge in [0.05, 0.1) is 5.69 Å². The van der Waals surface area contributed by atoms with Crippen LogP contribution in [-0.4, -0.2) is 20.0 Å². The summed E-state index contributed by atoms with van der Waals surface area (Å²) in [4.78, 5) is 0.195. The normalized spacial score (nSPS) is 11.0. The molecule has 0 amide bonds. The molecule has 0 spiro atoms. The molecule has 0 saturated carbocycles. The minimum atomic E-state index is -3.61. The van der Waals surface area contributed by atoms with Gasteiger partial charge in [0.2, 0.25) is 0 Å². The number of nitrogens with one attached hydrogen (secondary N) is 1. The van der Waals surface area contributed by atoms with Crippen molar-refractivity contribution < 1.29 is 13.2 Å². The van der Waals surface area contributed by atoms with Crippen molar-refractivity contribution in [3.8, 4) is 5.75 Å². The van der Waals surface area contributed by atoms with Crippen molar-refractivity contribution in [2.45, 2.75) is 4.21 Å². The molecule has 0 aliphatic heterocycles. The van der Waals surface area contributed by atoms with Crippen molar-refractivity contribution >= 4 is 44.3 Å². The number of rotatable bonds is 6. The molecule has 1 heterocycles. The molecule has 1 aromatic heterocycles. The molecule has 3 N–H and O–H groups in total. The molecule has 0 aliphatic rings. The maximum atomic E-state index is 12.1. The fourth-order valence-electron chi connectivity index (χ4n) is 1.44. The molecule has 0 saturated heterocycles. The third-order valence-corrected chi connectivity index (χ3v) is 5.14. The van der Waals surface area contributed by atoms with Crippen LogP contribution in [0.15, 0.2) is 46.0 Å². The summed E-state index contributed by atoms with van der Waals surface area (Å²) in [5, 5.41) is 1.70. The lowest BCUT2D eigenvalue weighted by Gasteiger charge is -2.12. The average molecular weight is 328 g/mol. The van der Waals surface area contributed by atoms with Crippen LogP contribution in [-0.2, 0) is 10.0 Å². The number of para-hydroxylation sites is 2. The molecule has 5 nitrogen and oxygen atoms in total. The number of sulfonamides is 1. The molecule has 0 radical (unpaired) electrons. The third-order valence-electron chi connectivity index (χ3n) is 2.26. The SMILES string of the molecule is NC(=S)COc1ccccc1NS(=O)(=O)c1cccs1. The summed E-state index contributed by atoms with van der Waals surface area (Å²) in [6.45, 7) is 0.0487. The monoisotopic (exact) mass is 328 g/mol. The summed E-state index contributed by atoms with van der Waals surface area (Å²) in [5.41, 5.74) is 5.71. The van der Waals surface area contributed by atoms with Crippen molar-refractivity contribution in [2.24, 2.45) is 5.73 Å². The van der Waals surface area contributed by atoms with Crippen LogP contribution >= 0.6 is 23.6 Å². The highest BCUT2D eigenvalue weighted by Gasteiger charge is 2.17. The zero-order chi connectivity index (χ0) is 14.6. The maximum Gasteiger partial charge on any atom is 0.271 e. The van der Waals surface area contributed by atoms with E-state index in [1.54, 1.807) is 35.7 Å². The summed E-state index contributed by atoms with van der Waals surface area (Å²) in [7, 11) is -3.61. The van der Waals surface area contributed by atoms with Gasteiger partial charge in [0.25, 0.3) is 10.0 Å². The van der Waals surface area contributed by atoms with Gasteiger partial charge in [0, 0.05) is 0 Å². The van der Waals surface area contributed by atoms with Crippen molar-refractivity contribution in [1.82, 2.24) is 0 Å². The molecule has 106 valence electrons. The van der Waals surface area contributed by atoms with E-state index in [0.717, 1.165) is 11.3 Å². The first kappa shape index (κ1) is 14.8. The Bertz CT molecular complexity index is 696. The Hall–Kier alpha value is -1.64. The lowest BCUT2D eigenvalue weighted by atomic mass is 10.3. The van der Waals surface area contributed by atoms with Crippen LogP contribution in [0.3, 0.4) is 0 Å².